The molecule has 1 fully saturated rings. The first-order chi connectivity index (χ1) is 7.49. The normalized spacial score (nSPS) is 24.5. The van der Waals surface area contributed by atoms with Crippen molar-refractivity contribution in [2.24, 2.45) is 11.1 Å². The van der Waals surface area contributed by atoms with Crippen LogP contribution in [0.2, 0.25) is 0 Å². The molecule has 2 nitrogen and oxygen atoms in total. The summed E-state index contributed by atoms with van der Waals surface area (Å²) in [5.74, 6) is 0. The van der Waals surface area contributed by atoms with Crippen molar-refractivity contribution in [3.63, 3.8) is 0 Å². The summed E-state index contributed by atoms with van der Waals surface area (Å²) in [6.07, 6.45) is 1.17. The largest absolute Gasteiger partial charge is 0.370 e. The number of benzene rings is 1. The summed E-state index contributed by atoms with van der Waals surface area (Å²) in [5.41, 5.74) is 9.14. The third-order valence-corrected chi connectivity index (χ3v) is 3.81. The molecular weight excluding hydrogens is 196 g/mol. The van der Waals surface area contributed by atoms with Crippen molar-refractivity contribution in [3.05, 3.63) is 29.8 Å². The first-order valence-electron chi connectivity index (χ1n) is 6.06. The quantitative estimate of drug-likeness (QED) is 0.785. The predicted octanol–water partition coefficient (Wildman–Crippen LogP) is 2.56. The molecule has 1 aliphatic heterocycles. The number of nitrogens with two attached hydrogens (primary N) is 1. The maximum Gasteiger partial charge on any atom is 0.0369 e. The molecule has 0 spiro atoms. The lowest BCUT2D eigenvalue weighted by molar-refractivity contribution is 0.235. The fourth-order valence-electron chi connectivity index (χ4n) is 2.24. The third-order valence-electron chi connectivity index (χ3n) is 3.81. The van der Waals surface area contributed by atoms with Gasteiger partial charge in [-0.15, -0.1) is 0 Å². The van der Waals surface area contributed by atoms with E-state index in [1.807, 2.05) is 0 Å². The van der Waals surface area contributed by atoms with E-state index in [0.29, 0.717) is 0 Å². The Bertz CT molecular complexity index is 371. The highest BCUT2D eigenvalue weighted by molar-refractivity contribution is 5.49. The van der Waals surface area contributed by atoms with Gasteiger partial charge in [0.05, 0.1) is 0 Å². The zero-order valence-electron chi connectivity index (χ0n) is 10.5. The Hall–Kier alpha value is -1.02. The Kier molecular flexibility index (Phi) is 2.94. The molecule has 2 rings (SSSR count). The molecule has 2 heteroatoms. The molecule has 1 aliphatic rings. The Balaban J connectivity index is 2.14. The summed E-state index contributed by atoms with van der Waals surface area (Å²) in [5, 5.41) is 0. The summed E-state index contributed by atoms with van der Waals surface area (Å²) < 4.78 is 0. The van der Waals surface area contributed by atoms with E-state index in [0.717, 1.165) is 13.1 Å². The van der Waals surface area contributed by atoms with Gasteiger partial charge in [-0.05, 0) is 36.5 Å². The number of hydrogen-bond acceptors (Lipinski definition) is 2. The number of aryl methyl sites for hydroxylation is 1. The number of nitrogens with zero attached hydrogens (tertiary/aromatic N) is 1. The summed E-state index contributed by atoms with van der Waals surface area (Å²) >= 11 is 0. The monoisotopic (exact) mass is 218 g/mol. The minimum Gasteiger partial charge on any atom is -0.370 e. The van der Waals surface area contributed by atoms with Gasteiger partial charge in [0, 0.05) is 24.8 Å². The topological polar surface area (TPSA) is 29.3 Å². The van der Waals surface area contributed by atoms with Crippen LogP contribution in [0.3, 0.4) is 0 Å². The van der Waals surface area contributed by atoms with Gasteiger partial charge in [-0.1, -0.05) is 26.0 Å². The van der Waals surface area contributed by atoms with Gasteiger partial charge in [0.15, 0.2) is 0 Å². The van der Waals surface area contributed by atoms with Crippen molar-refractivity contribution < 1.29 is 0 Å². The first kappa shape index (κ1) is 11.5. The zero-order chi connectivity index (χ0) is 11.8. The van der Waals surface area contributed by atoms with Crippen LogP contribution in [0.4, 0.5) is 5.69 Å². The van der Waals surface area contributed by atoms with E-state index < -0.39 is 0 Å². The molecular formula is C14H22N2. The van der Waals surface area contributed by atoms with E-state index in [1.165, 1.54) is 17.7 Å². The van der Waals surface area contributed by atoms with E-state index >= 15 is 0 Å². The van der Waals surface area contributed by atoms with Crippen molar-refractivity contribution in [1.29, 1.82) is 0 Å². The Morgan fingerprint density at radius 2 is 2.12 bits per heavy atom. The molecule has 1 unspecified atom stereocenters. The highest BCUT2D eigenvalue weighted by Crippen LogP contribution is 2.31. The lowest BCUT2D eigenvalue weighted by atomic mass is 9.78. The van der Waals surface area contributed by atoms with Crippen molar-refractivity contribution >= 4 is 5.69 Å². The average molecular weight is 218 g/mol. The van der Waals surface area contributed by atoms with Crippen molar-refractivity contribution in [3.8, 4) is 0 Å². The van der Waals surface area contributed by atoms with E-state index in [9.17, 15) is 0 Å². The van der Waals surface area contributed by atoms with Crippen LogP contribution in [0.1, 0.15) is 25.8 Å². The Morgan fingerprint density at radius 3 is 2.75 bits per heavy atom. The van der Waals surface area contributed by atoms with Gasteiger partial charge in [-0.25, -0.2) is 0 Å². The molecule has 88 valence electrons. The van der Waals surface area contributed by atoms with Crippen molar-refractivity contribution in [2.45, 2.75) is 33.2 Å². The smallest absolute Gasteiger partial charge is 0.0369 e. The molecule has 0 amide bonds. The fraction of sp³-hybridized carbons (Fsp3) is 0.571. The second kappa shape index (κ2) is 4.10. The fourth-order valence-corrected chi connectivity index (χ4v) is 2.24. The minimum atomic E-state index is 0.266. The van der Waals surface area contributed by atoms with Gasteiger partial charge in [0.25, 0.3) is 0 Å². The van der Waals surface area contributed by atoms with Crippen LogP contribution in [-0.4, -0.2) is 19.1 Å². The van der Waals surface area contributed by atoms with Crippen molar-refractivity contribution in [1.82, 2.24) is 0 Å². The molecule has 0 bridgehead atoms. The minimum absolute atomic E-state index is 0.266. The molecule has 1 aromatic rings. The van der Waals surface area contributed by atoms with Gasteiger partial charge in [0.1, 0.15) is 0 Å². The van der Waals surface area contributed by atoms with Gasteiger partial charge >= 0.3 is 0 Å². The number of hydrogen-bond donors (Lipinski definition) is 1. The van der Waals surface area contributed by atoms with Gasteiger partial charge in [-0.3, -0.25) is 0 Å². The summed E-state index contributed by atoms with van der Waals surface area (Å²) in [6.45, 7) is 8.76. The van der Waals surface area contributed by atoms with E-state index in [-0.39, 0.29) is 11.5 Å². The molecule has 1 atom stereocenters. The molecule has 0 aliphatic carbocycles. The van der Waals surface area contributed by atoms with E-state index in [1.54, 1.807) is 0 Å². The number of anilines is 1. The SMILES string of the molecule is Cc1cccc(N2CCC(C)(C)C(N)C2)c1. The molecule has 1 saturated heterocycles. The second-order valence-corrected chi connectivity index (χ2v) is 5.63. The number of piperidine rings is 1. The van der Waals surface area contributed by atoms with Crippen LogP contribution in [0.5, 0.6) is 0 Å². The van der Waals surface area contributed by atoms with Crippen LogP contribution in [0, 0.1) is 12.3 Å². The lowest BCUT2D eigenvalue weighted by Gasteiger charge is -2.43. The van der Waals surface area contributed by atoms with E-state index in [4.69, 9.17) is 5.73 Å². The van der Waals surface area contributed by atoms with Gasteiger partial charge in [0.2, 0.25) is 0 Å². The standard InChI is InChI=1S/C14H22N2/c1-11-5-4-6-12(9-11)16-8-7-14(2,3)13(15)10-16/h4-6,9,13H,7-8,10,15H2,1-3H3. The summed E-state index contributed by atoms with van der Waals surface area (Å²) in [4.78, 5) is 2.41. The van der Waals surface area contributed by atoms with E-state index in [2.05, 4.69) is 49.9 Å². The maximum atomic E-state index is 6.24. The second-order valence-electron chi connectivity index (χ2n) is 5.63. The molecule has 2 N–H and O–H groups in total. The molecule has 0 radical (unpaired) electrons. The molecule has 0 aromatic heterocycles. The molecule has 0 saturated carbocycles. The maximum absolute atomic E-state index is 6.24. The number of rotatable bonds is 1. The van der Waals surface area contributed by atoms with Crippen LogP contribution in [0.15, 0.2) is 24.3 Å². The molecule has 1 aromatic carbocycles. The van der Waals surface area contributed by atoms with Crippen LogP contribution < -0.4 is 10.6 Å². The molecule has 1 heterocycles. The van der Waals surface area contributed by atoms with Crippen LogP contribution in [-0.2, 0) is 0 Å². The van der Waals surface area contributed by atoms with Crippen molar-refractivity contribution in [2.75, 3.05) is 18.0 Å². The van der Waals surface area contributed by atoms with Gasteiger partial charge < -0.3 is 10.6 Å². The first-order valence-corrected chi connectivity index (χ1v) is 6.06. The zero-order valence-corrected chi connectivity index (χ0v) is 10.5. The van der Waals surface area contributed by atoms with Gasteiger partial charge in [-0.2, -0.15) is 0 Å². The Morgan fingerprint density at radius 1 is 1.38 bits per heavy atom. The summed E-state index contributed by atoms with van der Waals surface area (Å²) in [7, 11) is 0. The predicted molar refractivity (Wildman–Crippen MR) is 69.8 cm³/mol. The summed E-state index contributed by atoms with van der Waals surface area (Å²) in [6, 6.07) is 8.94. The average Bonchev–Trinajstić information content (AvgIpc) is 2.22. The van der Waals surface area contributed by atoms with Crippen LogP contribution >= 0.6 is 0 Å². The Labute approximate surface area is 98.4 Å². The lowest BCUT2D eigenvalue weighted by Crippen LogP contribution is -2.52. The molecule has 16 heavy (non-hydrogen) atoms. The van der Waals surface area contributed by atoms with Crippen LogP contribution in [0.25, 0.3) is 0 Å². The highest BCUT2D eigenvalue weighted by Gasteiger charge is 2.32. The third kappa shape index (κ3) is 2.22. The highest BCUT2D eigenvalue weighted by atomic mass is 15.2.